The Morgan fingerprint density at radius 1 is 0.925 bits per heavy atom. The predicted molar refractivity (Wildman–Crippen MR) is 158 cm³/mol. The van der Waals surface area contributed by atoms with Gasteiger partial charge in [0.05, 0.1) is 17.5 Å². The SMILES string of the molecule is CC[C@@H]1C2C[C@H](O)CCC2(C)[C@H]2CC[C@]3(C)[C@@H](CCCN(C)C(=O)NS(=O)(=O)C4CCCCC4)CC[C@H]3[C@@H]2[C@@H]1O. The number of hydrogen-bond donors (Lipinski definition) is 3. The number of nitrogens with one attached hydrogen (secondary N) is 1. The number of nitrogens with zero attached hydrogens (tertiary/aromatic N) is 1. The summed E-state index contributed by atoms with van der Waals surface area (Å²) in [5.41, 5.74) is 0.431. The number of carbonyl (C=O) groups is 1. The lowest BCUT2D eigenvalue weighted by Crippen LogP contribution is -2.62. The zero-order valence-electron chi connectivity index (χ0n) is 25.5. The molecule has 5 saturated carbocycles. The Kier molecular flexibility index (Phi) is 8.93. The quantitative estimate of drug-likeness (QED) is 0.358. The van der Waals surface area contributed by atoms with Gasteiger partial charge in [0.25, 0.3) is 0 Å². The molecule has 5 aliphatic rings. The number of urea groups is 1. The van der Waals surface area contributed by atoms with Gasteiger partial charge in [-0.15, -0.1) is 0 Å². The summed E-state index contributed by atoms with van der Waals surface area (Å²) in [5, 5.41) is 21.9. The van der Waals surface area contributed by atoms with Crippen molar-refractivity contribution >= 4 is 16.1 Å². The molecule has 2 amide bonds. The van der Waals surface area contributed by atoms with E-state index < -0.39 is 21.3 Å². The Morgan fingerprint density at radius 2 is 1.60 bits per heavy atom. The van der Waals surface area contributed by atoms with E-state index in [0.29, 0.717) is 49.0 Å². The van der Waals surface area contributed by atoms with Crippen LogP contribution >= 0.6 is 0 Å². The molecule has 8 heteroatoms. The van der Waals surface area contributed by atoms with Crippen LogP contribution in [0.25, 0.3) is 0 Å². The van der Waals surface area contributed by atoms with Gasteiger partial charge in [0.1, 0.15) is 0 Å². The molecule has 230 valence electrons. The van der Waals surface area contributed by atoms with E-state index in [-0.39, 0.29) is 29.0 Å². The Balaban J connectivity index is 1.19. The van der Waals surface area contributed by atoms with E-state index in [4.69, 9.17) is 0 Å². The van der Waals surface area contributed by atoms with Crippen molar-refractivity contribution in [2.24, 2.45) is 46.3 Å². The number of carbonyl (C=O) groups excluding carboxylic acids is 1. The van der Waals surface area contributed by atoms with Crippen molar-refractivity contribution in [2.45, 2.75) is 135 Å². The first-order valence-electron chi connectivity index (χ1n) is 16.5. The van der Waals surface area contributed by atoms with Gasteiger partial charge in [0, 0.05) is 13.6 Å². The molecule has 3 N–H and O–H groups in total. The molecule has 0 radical (unpaired) electrons. The fraction of sp³-hybridized carbons (Fsp3) is 0.969. The molecule has 0 aromatic heterocycles. The Morgan fingerprint density at radius 3 is 2.30 bits per heavy atom. The van der Waals surface area contributed by atoms with E-state index in [1.807, 2.05) is 0 Å². The van der Waals surface area contributed by atoms with Gasteiger partial charge in [-0.25, -0.2) is 17.9 Å². The number of sulfonamides is 1. The monoisotopic (exact) mass is 580 g/mol. The average Bonchev–Trinajstić information content (AvgIpc) is 3.26. The van der Waals surface area contributed by atoms with Gasteiger partial charge in [0.15, 0.2) is 0 Å². The van der Waals surface area contributed by atoms with Gasteiger partial charge >= 0.3 is 6.03 Å². The van der Waals surface area contributed by atoms with Gasteiger partial charge in [-0.1, -0.05) is 46.5 Å². The van der Waals surface area contributed by atoms with Crippen LogP contribution in [0.5, 0.6) is 0 Å². The van der Waals surface area contributed by atoms with E-state index in [2.05, 4.69) is 25.5 Å². The lowest BCUT2D eigenvalue weighted by molar-refractivity contribution is -0.202. The van der Waals surface area contributed by atoms with E-state index >= 15 is 0 Å². The lowest BCUT2D eigenvalue weighted by Gasteiger charge is -2.64. The van der Waals surface area contributed by atoms with E-state index in [0.717, 1.165) is 57.8 Å². The molecule has 0 aromatic carbocycles. The second-order valence-corrected chi connectivity index (χ2v) is 16.9. The van der Waals surface area contributed by atoms with E-state index in [9.17, 15) is 23.4 Å². The van der Waals surface area contributed by atoms with Crippen LogP contribution in [0, 0.1) is 46.3 Å². The fourth-order valence-electron chi connectivity index (χ4n) is 10.9. The minimum absolute atomic E-state index is 0.211. The summed E-state index contributed by atoms with van der Waals surface area (Å²) in [6, 6.07) is -0.502. The minimum Gasteiger partial charge on any atom is -0.393 e. The molecule has 0 spiro atoms. The van der Waals surface area contributed by atoms with Crippen LogP contribution in [0.3, 0.4) is 0 Å². The van der Waals surface area contributed by atoms with Crippen molar-refractivity contribution in [1.29, 1.82) is 0 Å². The molecule has 5 rings (SSSR count). The molecule has 0 aliphatic heterocycles. The highest BCUT2D eigenvalue weighted by atomic mass is 32.2. The molecule has 5 aliphatic carbocycles. The molecule has 7 nitrogen and oxygen atoms in total. The maximum absolute atomic E-state index is 12.7. The summed E-state index contributed by atoms with van der Waals surface area (Å²) < 4.78 is 27.8. The average molecular weight is 581 g/mol. The van der Waals surface area contributed by atoms with Crippen LogP contribution in [-0.4, -0.2) is 60.6 Å². The first-order valence-corrected chi connectivity index (χ1v) is 18.1. The molecule has 5 fully saturated rings. The highest BCUT2D eigenvalue weighted by molar-refractivity contribution is 7.90. The second-order valence-electron chi connectivity index (χ2n) is 15.0. The summed E-state index contributed by atoms with van der Waals surface area (Å²) >= 11 is 0. The Labute approximate surface area is 243 Å². The maximum atomic E-state index is 12.7. The summed E-state index contributed by atoms with van der Waals surface area (Å²) in [5.74, 6) is 2.70. The number of hydrogen-bond acceptors (Lipinski definition) is 5. The molecular weight excluding hydrogens is 524 g/mol. The van der Waals surface area contributed by atoms with Crippen LogP contribution in [0.4, 0.5) is 4.79 Å². The topological polar surface area (TPSA) is 107 Å². The standard InChI is InChI=1S/C32H56N2O5S/c1-5-24-27-20-22(35)15-17-32(27,3)26-16-18-31(2)21(13-14-25(31)28(26)29(24)36)10-9-19-34(4)30(37)33-40(38,39)23-11-7-6-8-12-23/h21-29,35-36H,5-20H2,1-4H3,(H,33,37)/t21-,22+,24+,25-,26-,27?,28-,29+,31+,32?/m0/s1. The van der Waals surface area contributed by atoms with Crippen LogP contribution in [0.15, 0.2) is 0 Å². The molecular formula is C32H56N2O5S. The number of fused-ring (bicyclic) bond motifs is 5. The second kappa shape index (κ2) is 11.7. The van der Waals surface area contributed by atoms with Gasteiger partial charge in [-0.05, 0) is 117 Å². The van der Waals surface area contributed by atoms with Gasteiger partial charge in [-0.2, -0.15) is 0 Å². The summed E-state index contributed by atoms with van der Waals surface area (Å²) in [6.07, 6.45) is 14.2. The van der Waals surface area contributed by atoms with Crippen molar-refractivity contribution in [3.8, 4) is 0 Å². The van der Waals surface area contributed by atoms with Crippen molar-refractivity contribution in [1.82, 2.24) is 9.62 Å². The van der Waals surface area contributed by atoms with E-state index in [1.165, 1.54) is 25.7 Å². The van der Waals surface area contributed by atoms with Crippen molar-refractivity contribution in [2.75, 3.05) is 13.6 Å². The maximum Gasteiger partial charge on any atom is 0.330 e. The lowest BCUT2D eigenvalue weighted by atomic mass is 9.41. The number of aliphatic hydroxyl groups is 2. The van der Waals surface area contributed by atoms with Crippen LogP contribution in [-0.2, 0) is 10.0 Å². The third kappa shape index (κ3) is 5.36. The highest BCUT2D eigenvalue weighted by Gasteiger charge is 2.64. The fourth-order valence-corrected chi connectivity index (χ4v) is 12.4. The molecule has 0 saturated heterocycles. The molecule has 40 heavy (non-hydrogen) atoms. The van der Waals surface area contributed by atoms with Gasteiger partial charge in [-0.3, -0.25) is 0 Å². The van der Waals surface area contributed by atoms with Crippen molar-refractivity contribution in [3.63, 3.8) is 0 Å². The summed E-state index contributed by atoms with van der Waals surface area (Å²) in [7, 11) is -1.91. The number of rotatable bonds is 7. The van der Waals surface area contributed by atoms with Crippen molar-refractivity contribution < 1.29 is 23.4 Å². The zero-order chi connectivity index (χ0) is 28.9. The normalized spacial score (nSPS) is 43.9. The van der Waals surface area contributed by atoms with Crippen LogP contribution in [0.2, 0.25) is 0 Å². The summed E-state index contributed by atoms with van der Waals surface area (Å²) in [6.45, 7) is 7.74. The van der Waals surface area contributed by atoms with Gasteiger partial charge < -0.3 is 15.1 Å². The predicted octanol–water partition coefficient (Wildman–Crippen LogP) is 5.70. The number of aliphatic hydroxyl groups excluding tert-OH is 2. The molecule has 2 unspecified atom stereocenters. The molecule has 0 aromatic rings. The minimum atomic E-state index is -3.61. The Hall–Kier alpha value is -0.860. The highest BCUT2D eigenvalue weighted by Crippen LogP contribution is 2.69. The third-order valence-corrected chi connectivity index (χ3v) is 15.0. The first kappa shape index (κ1) is 30.6. The number of amides is 2. The van der Waals surface area contributed by atoms with Gasteiger partial charge in [0.2, 0.25) is 10.0 Å². The largest absolute Gasteiger partial charge is 0.393 e. The van der Waals surface area contributed by atoms with Crippen molar-refractivity contribution in [3.05, 3.63) is 0 Å². The molecule has 0 heterocycles. The molecule has 0 bridgehead atoms. The zero-order valence-corrected chi connectivity index (χ0v) is 26.3. The Bertz CT molecular complexity index is 1010. The van der Waals surface area contributed by atoms with E-state index in [1.54, 1.807) is 11.9 Å². The smallest absolute Gasteiger partial charge is 0.330 e. The third-order valence-electron chi connectivity index (χ3n) is 13.2. The first-order chi connectivity index (χ1) is 18.9. The van der Waals surface area contributed by atoms with Crippen LogP contribution < -0.4 is 4.72 Å². The molecule has 10 atom stereocenters. The summed E-state index contributed by atoms with van der Waals surface area (Å²) in [4.78, 5) is 14.3. The van der Waals surface area contributed by atoms with Crippen LogP contribution in [0.1, 0.15) is 117 Å².